The van der Waals surface area contributed by atoms with Crippen LogP contribution in [0.3, 0.4) is 0 Å². The quantitative estimate of drug-likeness (QED) is 0.314. The first kappa shape index (κ1) is 25.3. The van der Waals surface area contributed by atoms with Crippen LogP contribution < -0.4 is 10.6 Å². The van der Waals surface area contributed by atoms with Crippen LogP contribution in [0.25, 0.3) is 6.08 Å². The highest BCUT2D eigenvalue weighted by molar-refractivity contribution is 7.86. The molecule has 30 heavy (non-hydrogen) atoms. The molecule has 1 aromatic carbocycles. The van der Waals surface area contributed by atoms with Gasteiger partial charge in [-0.1, -0.05) is 62.6 Å². The van der Waals surface area contributed by atoms with E-state index in [9.17, 15) is 22.6 Å². The molecule has 0 spiro atoms. The van der Waals surface area contributed by atoms with Gasteiger partial charge in [-0.2, -0.15) is 8.42 Å². The first-order valence-corrected chi connectivity index (χ1v) is 10.9. The molecule has 7 nitrogen and oxygen atoms in total. The second-order valence-corrected chi connectivity index (χ2v) is 9.63. The predicted molar refractivity (Wildman–Crippen MR) is 119 cm³/mol. The Balaban J connectivity index is 2.85. The Hall–Kier alpha value is -2.71. The zero-order valence-corrected chi connectivity index (χ0v) is 18.6. The van der Waals surface area contributed by atoms with E-state index >= 15 is 0 Å². The van der Waals surface area contributed by atoms with Gasteiger partial charge in [0.05, 0.1) is 0 Å². The summed E-state index contributed by atoms with van der Waals surface area (Å²) < 4.78 is 33.3. The van der Waals surface area contributed by atoms with E-state index < -0.39 is 38.8 Å². The number of benzene rings is 1. The van der Waals surface area contributed by atoms with Crippen molar-refractivity contribution in [3.8, 4) is 0 Å². The minimum Gasteiger partial charge on any atom is -0.347 e. The molecule has 0 aromatic heterocycles. The summed E-state index contributed by atoms with van der Waals surface area (Å²) in [4.78, 5) is 24.6. The molecule has 1 aromatic rings. The van der Waals surface area contributed by atoms with Gasteiger partial charge in [0.1, 0.15) is 0 Å². The fourth-order valence-corrected chi connectivity index (χ4v) is 3.48. The van der Waals surface area contributed by atoms with Crippen LogP contribution in [0.2, 0.25) is 0 Å². The third-order valence-electron chi connectivity index (χ3n) is 4.13. The van der Waals surface area contributed by atoms with Crippen LogP contribution >= 0.6 is 0 Å². The lowest BCUT2D eigenvalue weighted by Gasteiger charge is -2.24. The average molecular weight is 435 g/mol. The van der Waals surface area contributed by atoms with Gasteiger partial charge in [0, 0.05) is 16.7 Å². The molecule has 1 rings (SSSR count). The topological polar surface area (TPSA) is 113 Å². The largest absolute Gasteiger partial charge is 0.347 e. The number of rotatable bonds is 9. The predicted octanol–water partition coefficient (Wildman–Crippen LogP) is 3.08. The van der Waals surface area contributed by atoms with Gasteiger partial charge in [-0.3, -0.25) is 14.1 Å². The fourth-order valence-electron chi connectivity index (χ4n) is 2.52. The summed E-state index contributed by atoms with van der Waals surface area (Å²) >= 11 is 0. The van der Waals surface area contributed by atoms with Gasteiger partial charge >= 0.3 is 0 Å². The number of carbonyl (C=O) groups is 2. The van der Waals surface area contributed by atoms with Crippen LogP contribution in [0.4, 0.5) is 0 Å². The second-order valence-electron chi connectivity index (χ2n) is 8.10. The van der Waals surface area contributed by atoms with Crippen molar-refractivity contribution in [1.82, 2.24) is 10.6 Å². The normalized spacial score (nSPS) is 14.0. The molecular weight excluding hydrogens is 404 g/mol. The van der Waals surface area contributed by atoms with Crippen molar-refractivity contribution < 1.29 is 22.6 Å². The smallest absolute Gasteiger partial charge is 0.286 e. The van der Waals surface area contributed by atoms with Crippen LogP contribution in [-0.4, -0.2) is 35.7 Å². The lowest BCUT2D eigenvalue weighted by atomic mass is 10.0. The van der Waals surface area contributed by atoms with Gasteiger partial charge in [0.25, 0.3) is 21.9 Å². The number of hydrogen-bond donors (Lipinski definition) is 3. The summed E-state index contributed by atoms with van der Waals surface area (Å²) in [5.41, 5.74) is -0.0786. The molecule has 0 saturated heterocycles. The van der Waals surface area contributed by atoms with Gasteiger partial charge < -0.3 is 10.6 Å². The Labute approximate surface area is 178 Å². The Kier molecular flexibility index (Phi) is 8.74. The van der Waals surface area contributed by atoms with Crippen molar-refractivity contribution in [2.75, 3.05) is 0 Å². The number of amides is 2. The number of nitrogens with one attached hydrogen (secondary N) is 2. The highest BCUT2D eigenvalue weighted by Gasteiger charge is 2.32. The molecule has 0 aliphatic rings. The number of hydrogen-bond acceptors (Lipinski definition) is 4. The van der Waals surface area contributed by atoms with Crippen LogP contribution in [-0.2, 0) is 19.7 Å². The van der Waals surface area contributed by atoms with Gasteiger partial charge in [0.15, 0.2) is 5.37 Å². The van der Waals surface area contributed by atoms with Crippen molar-refractivity contribution in [3.63, 3.8) is 0 Å². The summed E-state index contributed by atoms with van der Waals surface area (Å²) in [7, 11) is -4.60. The third-order valence-corrected chi connectivity index (χ3v) is 5.35. The molecular formula is C22H30N2O5S. The Morgan fingerprint density at radius 2 is 1.63 bits per heavy atom. The maximum absolute atomic E-state index is 12.5. The summed E-state index contributed by atoms with van der Waals surface area (Å²) in [6.07, 6.45) is 3.85. The third kappa shape index (κ3) is 8.34. The lowest BCUT2D eigenvalue weighted by molar-refractivity contribution is -0.121. The second kappa shape index (κ2) is 10.4. The monoisotopic (exact) mass is 434 g/mol. The molecule has 8 heteroatoms. The molecule has 2 unspecified atom stereocenters. The zero-order valence-electron chi connectivity index (χ0n) is 17.8. The van der Waals surface area contributed by atoms with Crippen molar-refractivity contribution in [2.45, 2.75) is 45.0 Å². The van der Waals surface area contributed by atoms with Crippen LogP contribution in [0.15, 0.2) is 60.7 Å². The minimum atomic E-state index is -4.60. The average Bonchev–Trinajstić information content (AvgIpc) is 2.63. The Bertz CT molecular complexity index is 928. The minimum absolute atomic E-state index is 0.187. The van der Waals surface area contributed by atoms with Crippen molar-refractivity contribution in [1.29, 1.82) is 0 Å². The van der Waals surface area contributed by atoms with Crippen LogP contribution in [0, 0.1) is 5.92 Å². The summed E-state index contributed by atoms with van der Waals surface area (Å²) in [6, 6.07) is 9.41. The SMILES string of the molecule is C=C(C(=C)C(=O)NC(C)(C)C)C(=O)NC(C(C)CC=Cc1ccccc1)S(=O)(=O)O. The van der Waals surface area contributed by atoms with Crippen molar-refractivity contribution in [3.05, 3.63) is 66.3 Å². The molecule has 0 radical (unpaired) electrons. The molecule has 0 heterocycles. The van der Waals surface area contributed by atoms with Crippen molar-refractivity contribution >= 4 is 28.0 Å². The molecule has 0 bridgehead atoms. The summed E-state index contributed by atoms with van der Waals surface area (Å²) in [6.45, 7) is 14.0. The Morgan fingerprint density at radius 3 is 2.13 bits per heavy atom. The summed E-state index contributed by atoms with van der Waals surface area (Å²) in [5, 5.41) is 3.33. The van der Waals surface area contributed by atoms with Crippen LogP contribution in [0.1, 0.15) is 39.7 Å². The first-order valence-electron chi connectivity index (χ1n) is 9.42. The van der Waals surface area contributed by atoms with Gasteiger partial charge in [-0.05, 0) is 38.7 Å². The van der Waals surface area contributed by atoms with Gasteiger partial charge in [-0.25, -0.2) is 0 Å². The summed E-state index contributed by atoms with van der Waals surface area (Å²) in [5.74, 6) is -2.14. The zero-order chi connectivity index (χ0) is 23.1. The Morgan fingerprint density at radius 1 is 1.10 bits per heavy atom. The van der Waals surface area contributed by atoms with E-state index in [1.165, 1.54) is 0 Å². The standard InChI is InChI=1S/C22H30N2O5S/c1-15(11-10-14-18-12-8-7-9-13-18)21(30(27,28)29)23-19(25)16(2)17(3)20(26)24-22(4,5)6/h7-10,12-15,21H,2-3,11H2,1,4-6H3,(H,23,25)(H,24,26)(H,27,28,29). The highest BCUT2D eigenvalue weighted by atomic mass is 32.2. The van der Waals surface area contributed by atoms with Crippen LogP contribution in [0.5, 0.6) is 0 Å². The number of allylic oxidation sites excluding steroid dienone is 1. The molecule has 2 amide bonds. The van der Waals surface area contributed by atoms with E-state index in [0.717, 1.165) is 5.56 Å². The molecule has 0 saturated carbocycles. The maximum atomic E-state index is 12.5. The number of carbonyl (C=O) groups excluding carboxylic acids is 2. The fraction of sp³-hybridized carbons (Fsp3) is 0.364. The molecule has 0 aliphatic heterocycles. The lowest BCUT2D eigenvalue weighted by Crippen LogP contribution is -2.46. The van der Waals surface area contributed by atoms with E-state index in [1.807, 2.05) is 36.4 Å². The van der Waals surface area contributed by atoms with Gasteiger partial charge in [0.2, 0.25) is 0 Å². The molecule has 164 valence electrons. The van der Waals surface area contributed by atoms with E-state index in [-0.39, 0.29) is 17.6 Å². The van der Waals surface area contributed by atoms with E-state index in [4.69, 9.17) is 0 Å². The molecule has 2 atom stereocenters. The maximum Gasteiger partial charge on any atom is 0.286 e. The van der Waals surface area contributed by atoms with E-state index in [2.05, 4.69) is 23.8 Å². The highest BCUT2D eigenvalue weighted by Crippen LogP contribution is 2.17. The molecule has 0 aliphatic carbocycles. The van der Waals surface area contributed by atoms with E-state index in [1.54, 1.807) is 33.8 Å². The van der Waals surface area contributed by atoms with Crippen molar-refractivity contribution in [2.24, 2.45) is 5.92 Å². The van der Waals surface area contributed by atoms with Gasteiger partial charge in [-0.15, -0.1) is 0 Å². The molecule has 3 N–H and O–H groups in total. The first-order chi connectivity index (χ1) is 13.7. The molecule has 0 fully saturated rings. The van der Waals surface area contributed by atoms with E-state index in [0.29, 0.717) is 0 Å².